The Morgan fingerprint density at radius 3 is 2.48 bits per heavy atom. The highest BCUT2D eigenvalue weighted by molar-refractivity contribution is 6.30. The molecule has 6 heteroatoms. The van der Waals surface area contributed by atoms with Gasteiger partial charge in [0.25, 0.3) is 5.91 Å². The largest absolute Gasteiger partial charge is 0.481 e. The fourth-order valence-electron chi connectivity index (χ4n) is 1.87. The van der Waals surface area contributed by atoms with Crippen LogP contribution in [-0.4, -0.2) is 29.1 Å². The van der Waals surface area contributed by atoms with E-state index in [1.54, 1.807) is 31.2 Å². The summed E-state index contributed by atoms with van der Waals surface area (Å²) >= 11 is 5.77. The first-order chi connectivity index (χ1) is 9.92. The average Bonchev–Trinajstić information content (AvgIpc) is 2.40. The van der Waals surface area contributed by atoms with Crippen LogP contribution in [0.2, 0.25) is 5.02 Å². The molecule has 0 bridgehead atoms. The number of rotatable bonds is 8. The van der Waals surface area contributed by atoms with Crippen molar-refractivity contribution in [3.8, 4) is 5.75 Å². The number of aliphatic carboxylic acids is 1. The zero-order chi connectivity index (χ0) is 15.8. The number of hydrogen-bond donors (Lipinski definition) is 2. The van der Waals surface area contributed by atoms with Crippen LogP contribution in [0.25, 0.3) is 0 Å². The standard InChI is InChI=1S/C15H20ClNO4/c1-3-4-12(9-14(18)19)17-15(20)10(2)21-13-7-5-11(16)6-8-13/h5-8,10,12H,3-4,9H2,1-2H3,(H,17,20)(H,18,19). The van der Waals surface area contributed by atoms with Crippen molar-refractivity contribution in [2.24, 2.45) is 0 Å². The number of carboxylic acids is 1. The molecule has 2 N–H and O–H groups in total. The molecular formula is C15H20ClNO4. The fourth-order valence-corrected chi connectivity index (χ4v) is 2.00. The number of benzene rings is 1. The minimum Gasteiger partial charge on any atom is -0.481 e. The maximum Gasteiger partial charge on any atom is 0.305 e. The summed E-state index contributed by atoms with van der Waals surface area (Å²) in [4.78, 5) is 22.8. The number of ether oxygens (including phenoxy) is 1. The van der Waals surface area contributed by atoms with E-state index < -0.39 is 12.1 Å². The fraction of sp³-hybridized carbons (Fsp3) is 0.467. The second kappa shape index (κ2) is 8.52. The van der Waals surface area contributed by atoms with Gasteiger partial charge in [-0.1, -0.05) is 24.9 Å². The Morgan fingerprint density at radius 1 is 1.33 bits per heavy atom. The maximum atomic E-state index is 12.0. The Labute approximate surface area is 129 Å². The molecule has 2 unspecified atom stereocenters. The SMILES string of the molecule is CCCC(CC(=O)O)NC(=O)C(C)Oc1ccc(Cl)cc1. The summed E-state index contributed by atoms with van der Waals surface area (Å²) in [5, 5.41) is 12.1. The lowest BCUT2D eigenvalue weighted by atomic mass is 10.1. The lowest BCUT2D eigenvalue weighted by Gasteiger charge is -2.20. The van der Waals surface area contributed by atoms with Gasteiger partial charge in [-0.2, -0.15) is 0 Å². The smallest absolute Gasteiger partial charge is 0.305 e. The Bertz CT molecular complexity index is 475. The van der Waals surface area contributed by atoms with Gasteiger partial charge in [-0.3, -0.25) is 9.59 Å². The molecule has 0 aliphatic rings. The van der Waals surface area contributed by atoms with Crippen LogP contribution in [-0.2, 0) is 9.59 Å². The molecule has 0 saturated heterocycles. The Hall–Kier alpha value is -1.75. The van der Waals surface area contributed by atoms with Gasteiger partial charge in [-0.05, 0) is 37.6 Å². The summed E-state index contributed by atoms with van der Waals surface area (Å²) in [6.07, 6.45) is 0.614. The van der Waals surface area contributed by atoms with Crippen molar-refractivity contribution < 1.29 is 19.4 Å². The molecule has 21 heavy (non-hydrogen) atoms. The van der Waals surface area contributed by atoms with Gasteiger partial charge >= 0.3 is 5.97 Å². The average molecular weight is 314 g/mol. The zero-order valence-corrected chi connectivity index (χ0v) is 12.9. The Balaban J connectivity index is 2.55. The summed E-state index contributed by atoms with van der Waals surface area (Å²) < 4.78 is 5.50. The van der Waals surface area contributed by atoms with Crippen molar-refractivity contribution in [2.45, 2.75) is 45.3 Å². The monoisotopic (exact) mass is 313 g/mol. The van der Waals surface area contributed by atoms with Gasteiger partial charge in [0.2, 0.25) is 0 Å². The van der Waals surface area contributed by atoms with E-state index in [0.717, 1.165) is 6.42 Å². The Morgan fingerprint density at radius 2 is 1.95 bits per heavy atom. The van der Waals surface area contributed by atoms with Gasteiger partial charge in [0.1, 0.15) is 5.75 Å². The second-order valence-corrected chi connectivity index (χ2v) is 5.24. The lowest BCUT2D eigenvalue weighted by molar-refractivity contribution is -0.138. The van der Waals surface area contributed by atoms with Crippen LogP contribution < -0.4 is 10.1 Å². The van der Waals surface area contributed by atoms with Gasteiger partial charge in [0.15, 0.2) is 6.10 Å². The van der Waals surface area contributed by atoms with Crippen LogP contribution in [0.15, 0.2) is 24.3 Å². The quantitative estimate of drug-likeness (QED) is 0.774. The molecule has 2 atom stereocenters. The first kappa shape index (κ1) is 17.3. The van der Waals surface area contributed by atoms with E-state index in [1.807, 2.05) is 6.92 Å². The molecule has 0 heterocycles. The summed E-state index contributed by atoms with van der Waals surface area (Å²) in [5.74, 6) is -0.725. The predicted octanol–water partition coefficient (Wildman–Crippen LogP) is 2.87. The molecule has 5 nitrogen and oxygen atoms in total. The molecule has 0 fully saturated rings. The summed E-state index contributed by atoms with van der Waals surface area (Å²) in [6.45, 7) is 3.56. The topological polar surface area (TPSA) is 75.6 Å². The minimum absolute atomic E-state index is 0.0900. The molecule has 116 valence electrons. The highest BCUT2D eigenvalue weighted by Crippen LogP contribution is 2.17. The molecular weight excluding hydrogens is 294 g/mol. The van der Waals surface area contributed by atoms with E-state index >= 15 is 0 Å². The molecule has 1 aromatic rings. The van der Waals surface area contributed by atoms with Crippen LogP contribution in [0.1, 0.15) is 33.1 Å². The third-order valence-electron chi connectivity index (χ3n) is 2.90. The number of nitrogens with one attached hydrogen (secondary N) is 1. The van der Waals surface area contributed by atoms with Gasteiger partial charge in [0.05, 0.1) is 6.42 Å². The molecule has 0 spiro atoms. The van der Waals surface area contributed by atoms with Crippen LogP contribution in [0, 0.1) is 0 Å². The number of amides is 1. The van der Waals surface area contributed by atoms with Crippen molar-refractivity contribution >= 4 is 23.5 Å². The number of hydrogen-bond acceptors (Lipinski definition) is 3. The molecule has 1 amide bonds. The van der Waals surface area contributed by atoms with Crippen molar-refractivity contribution in [1.29, 1.82) is 0 Å². The Kier molecular flexibility index (Phi) is 7.02. The number of carbonyl (C=O) groups excluding carboxylic acids is 1. The molecule has 0 radical (unpaired) electrons. The third kappa shape index (κ3) is 6.49. The number of halogens is 1. The first-order valence-corrected chi connectivity index (χ1v) is 7.24. The summed E-state index contributed by atoms with van der Waals surface area (Å²) in [6, 6.07) is 6.31. The maximum absolute atomic E-state index is 12.0. The minimum atomic E-state index is -0.931. The van der Waals surface area contributed by atoms with Crippen LogP contribution in [0.5, 0.6) is 5.75 Å². The van der Waals surface area contributed by atoms with Gasteiger partial charge in [0, 0.05) is 11.1 Å². The van der Waals surface area contributed by atoms with Gasteiger partial charge in [-0.15, -0.1) is 0 Å². The van der Waals surface area contributed by atoms with E-state index in [2.05, 4.69) is 5.32 Å². The number of carbonyl (C=O) groups is 2. The van der Waals surface area contributed by atoms with E-state index in [1.165, 1.54) is 0 Å². The van der Waals surface area contributed by atoms with Gasteiger partial charge in [-0.25, -0.2) is 0 Å². The van der Waals surface area contributed by atoms with Crippen molar-refractivity contribution in [3.05, 3.63) is 29.3 Å². The molecule has 0 aromatic heterocycles. The van der Waals surface area contributed by atoms with Crippen molar-refractivity contribution in [2.75, 3.05) is 0 Å². The lowest BCUT2D eigenvalue weighted by Crippen LogP contribution is -2.43. The summed E-state index contributed by atoms with van der Waals surface area (Å²) in [5.41, 5.74) is 0. The molecule has 1 aromatic carbocycles. The van der Waals surface area contributed by atoms with E-state index in [9.17, 15) is 9.59 Å². The summed E-state index contributed by atoms with van der Waals surface area (Å²) in [7, 11) is 0. The van der Waals surface area contributed by atoms with E-state index in [0.29, 0.717) is 17.2 Å². The molecule has 1 rings (SSSR count). The molecule has 0 aliphatic carbocycles. The molecule has 0 aliphatic heterocycles. The first-order valence-electron chi connectivity index (χ1n) is 6.86. The second-order valence-electron chi connectivity index (χ2n) is 4.81. The zero-order valence-electron chi connectivity index (χ0n) is 12.1. The normalized spacial score (nSPS) is 13.3. The van der Waals surface area contributed by atoms with Crippen LogP contribution in [0.4, 0.5) is 0 Å². The van der Waals surface area contributed by atoms with Gasteiger partial charge < -0.3 is 15.2 Å². The van der Waals surface area contributed by atoms with E-state index in [4.69, 9.17) is 21.4 Å². The predicted molar refractivity (Wildman–Crippen MR) is 80.6 cm³/mol. The highest BCUT2D eigenvalue weighted by Gasteiger charge is 2.20. The number of carboxylic acid groups (broad SMARTS) is 1. The van der Waals surface area contributed by atoms with Crippen LogP contribution >= 0.6 is 11.6 Å². The van der Waals surface area contributed by atoms with Crippen LogP contribution in [0.3, 0.4) is 0 Å². The van der Waals surface area contributed by atoms with Crippen molar-refractivity contribution in [1.82, 2.24) is 5.32 Å². The highest BCUT2D eigenvalue weighted by atomic mass is 35.5. The third-order valence-corrected chi connectivity index (χ3v) is 3.15. The van der Waals surface area contributed by atoms with Crippen molar-refractivity contribution in [3.63, 3.8) is 0 Å². The van der Waals surface area contributed by atoms with E-state index in [-0.39, 0.29) is 18.4 Å². The molecule has 0 saturated carbocycles.